The molecular formula is C7H4ClIN2. The smallest absolute Gasteiger partial charge is 0.137 e. The monoisotopic (exact) mass is 278 g/mol. The fraction of sp³-hybridized carbons (Fsp3) is 0. The molecule has 0 aliphatic heterocycles. The molecule has 0 saturated carbocycles. The molecule has 0 aromatic carbocycles. The van der Waals surface area contributed by atoms with Crippen molar-refractivity contribution in [3.63, 3.8) is 0 Å². The van der Waals surface area contributed by atoms with Crippen molar-refractivity contribution in [3.05, 3.63) is 33.2 Å². The zero-order valence-electron chi connectivity index (χ0n) is 5.46. The molecule has 0 fully saturated rings. The van der Waals surface area contributed by atoms with Gasteiger partial charge < -0.3 is 0 Å². The molecule has 0 unspecified atom stereocenters. The van der Waals surface area contributed by atoms with Crippen LogP contribution in [0.3, 0.4) is 0 Å². The van der Waals surface area contributed by atoms with E-state index in [9.17, 15) is 0 Å². The van der Waals surface area contributed by atoms with Gasteiger partial charge in [0.1, 0.15) is 10.8 Å². The topological polar surface area (TPSA) is 17.3 Å². The number of aromatic nitrogens is 2. The highest BCUT2D eigenvalue weighted by Gasteiger charge is 2.01. The number of hydrogen-bond acceptors (Lipinski definition) is 1. The van der Waals surface area contributed by atoms with E-state index in [1.165, 1.54) is 0 Å². The second-order valence-electron chi connectivity index (χ2n) is 2.13. The quantitative estimate of drug-likeness (QED) is 0.535. The number of fused-ring (bicyclic) bond motifs is 1. The van der Waals surface area contributed by atoms with Crippen LogP contribution in [0.2, 0.25) is 5.15 Å². The van der Waals surface area contributed by atoms with Crippen LogP contribution >= 0.6 is 34.2 Å². The highest BCUT2D eigenvalue weighted by molar-refractivity contribution is 14.1. The molecule has 0 radical (unpaired) electrons. The van der Waals surface area contributed by atoms with Gasteiger partial charge in [-0.3, -0.25) is 4.40 Å². The molecule has 0 amide bonds. The third-order valence-corrected chi connectivity index (χ3v) is 3.03. The summed E-state index contributed by atoms with van der Waals surface area (Å²) in [4.78, 5) is 4.10. The first-order valence-corrected chi connectivity index (χ1v) is 4.52. The van der Waals surface area contributed by atoms with Gasteiger partial charge >= 0.3 is 0 Å². The Morgan fingerprint density at radius 2 is 2.27 bits per heavy atom. The molecule has 2 heterocycles. The lowest BCUT2D eigenvalue weighted by Gasteiger charge is -1.98. The third kappa shape index (κ3) is 1.12. The molecule has 2 aromatic rings. The van der Waals surface area contributed by atoms with Crippen molar-refractivity contribution in [1.29, 1.82) is 0 Å². The SMILES string of the molecule is Clc1c(I)ccc2nccn12. The van der Waals surface area contributed by atoms with Crippen LogP contribution < -0.4 is 0 Å². The predicted molar refractivity (Wildman–Crippen MR) is 52.9 cm³/mol. The third-order valence-electron chi connectivity index (χ3n) is 1.46. The van der Waals surface area contributed by atoms with Gasteiger partial charge in [0.15, 0.2) is 0 Å². The summed E-state index contributed by atoms with van der Waals surface area (Å²) < 4.78 is 2.89. The summed E-state index contributed by atoms with van der Waals surface area (Å²) >= 11 is 8.17. The fourth-order valence-electron chi connectivity index (χ4n) is 0.936. The maximum Gasteiger partial charge on any atom is 0.137 e. The molecule has 0 bridgehead atoms. The van der Waals surface area contributed by atoms with E-state index in [0.717, 1.165) is 14.4 Å². The molecule has 2 rings (SSSR count). The van der Waals surface area contributed by atoms with Crippen molar-refractivity contribution in [2.75, 3.05) is 0 Å². The molecule has 4 heteroatoms. The number of rotatable bonds is 0. The van der Waals surface area contributed by atoms with E-state index in [4.69, 9.17) is 11.6 Å². The Bertz CT molecular complexity index is 396. The molecule has 0 spiro atoms. The maximum atomic E-state index is 5.98. The van der Waals surface area contributed by atoms with Crippen molar-refractivity contribution >= 4 is 39.8 Å². The minimum Gasteiger partial charge on any atom is -0.289 e. The van der Waals surface area contributed by atoms with Crippen LogP contribution in [-0.2, 0) is 0 Å². The summed E-state index contributed by atoms with van der Waals surface area (Å²) in [6.45, 7) is 0. The van der Waals surface area contributed by atoms with Crippen LogP contribution in [0.25, 0.3) is 5.65 Å². The van der Waals surface area contributed by atoms with Gasteiger partial charge in [-0.25, -0.2) is 4.98 Å². The minimum absolute atomic E-state index is 0.723. The Hall–Kier alpha value is -0.290. The molecular weight excluding hydrogens is 274 g/mol. The van der Waals surface area contributed by atoms with Gasteiger partial charge in [-0.05, 0) is 34.7 Å². The van der Waals surface area contributed by atoms with Crippen LogP contribution in [0.15, 0.2) is 24.5 Å². The molecule has 0 saturated heterocycles. The van der Waals surface area contributed by atoms with Gasteiger partial charge in [0, 0.05) is 16.0 Å². The second-order valence-corrected chi connectivity index (χ2v) is 3.65. The summed E-state index contributed by atoms with van der Waals surface area (Å²) in [5.74, 6) is 0. The first kappa shape index (κ1) is 7.36. The van der Waals surface area contributed by atoms with Crippen LogP contribution in [0.4, 0.5) is 0 Å². The Labute approximate surface area is 82.3 Å². The summed E-state index contributed by atoms with van der Waals surface area (Å²) in [6, 6.07) is 3.89. The minimum atomic E-state index is 0.723. The molecule has 0 N–H and O–H groups in total. The summed E-state index contributed by atoms with van der Waals surface area (Å²) in [6.07, 6.45) is 3.58. The van der Waals surface area contributed by atoms with Gasteiger partial charge in [0.25, 0.3) is 0 Å². The van der Waals surface area contributed by atoms with Crippen molar-refractivity contribution in [2.45, 2.75) is 0 Å². The molecule has 2 aromatic heterocycles. The van der Waals surface area contributed by atoms with Crippen LogP contribution in [-0.4, -0.2) is 9.38 Å². The lowest BCUT2D eigenvalue weighted by molar-refractivity contribution is 1.17. The van der Waals surface area contributed by atoms with Crippen molar-refractivity contribution in [3.8, 4) is 0 Å². The van der Waals surface area contributed by atoms with Crippen LogP contribution in [0, 0.1) is 3.57 Å². The number of hydrogen-bond donors (Lipinski definition) is 0. The van der Waals surface area contributed by atoms with E-state index < -0.39 is 0 Å². The highest BCUT2D eigenvalue weighted by atomic mass is 127. The lowest BCUT2D eigenvalue weighted by Crippen LogP contribution is -1.87. The van der Waals surface area contributed by atoms with E-state index in [1.807, 2.05) is 22.7 Å². The normalized spacial score (nSPS) is 10.7. The Morgan fingerprint density at radius 3 is 3.09 bits per heavy atom. The van der Waals surface area contributed by atoms with Crippen molar-refractivity contribution in [1.82, 2.24) is 9.38 Å². The number of imidazole rings is 1. The Morgan fingerprint density at radius 1 is 1.45 bits per heavy atom. The second kappa shape index (κ2) is 2.64. The zero-order chi connectivity index (χ0) is 7.84. The zero-order valence-corrected chi connectivity index (χ0v) is 8.37. The van der Waals surface area contributed by atoms with E-state index in [0.29, 0.717) is 0 Å². The average molecular weight is 278 g/mol. The van der Waals surface area contributed by atoms with E-state index in [-0.39, 0.29) is 0 Å². The molecule has 2 nitrogen and oxygen atoms in total. The van der Waals surface area contributed by atoms with E-state index >= 15 is 0 Å². The van der Waals surface area contributed by atoms with Crippen LogP contribution in [0.5, 0.6) is 0 Å². The van der Waals surface area contributed by atoms with Gasteiger partial charge in [-0.15, -0.1) is 0 Å². The molecule has 0 aliphatic carbocycles. The van der Waals surface area contributed by atoms with Crippen molar-refractivity contribution in [2.24, 2.45) is 0 Å². The molecule has 0 aliphatic rings. The summed E-state index contributed by atoms with van der Waals surface area (Å²) in [5.41, 5.74) is 0.885. The lowest BCUT2D eigenvalue weighted by atomic mass is 10.5. The first-order valence-electron chi connectivity index (χ1n) is 3.06. The molecule has 0 atom stereocenters. The van der Waals surface area contributed by atoms with Gasteiger partial charge in [-0.2, -0.15) is 0 Å². The van der Waals surface area contributed by atoms with E-state index in [2.05, 4.69) is 27.6 Å². The first-order chi connectivity index (χ1) is 5.29. The summed E-state index contributed by atoms with van der Waals surface area (Å²) in [7, 11) is 0. The Balaban J connectivity index is 2.93. The van der Waals surface area contributed by atoms with E-state index in [1.54, 1.807) is 6.20 Å². The maximum absolute atomic E-state index is 5.98. The highest BCUT2D eigenvalue weighted by Crippen LogP contribution is 2.18. The number of nitrogens with zero attached hydrogens (tertiary/aromatic N) is 2. The van der Waals surface area contributed by atoms with Crippen LogP contribution in [0.1, 0.15) is 0 Å². The number of halogens is 2. The fourth-order valence-corrected chi connectivity index (χ4v) is 1.58. The van der Waals surface area contributed by atoms with Gasteiger partial charge in [0.05, 0.1) is 0 Å². The van der Waals surface area contributed by atoms with Gasteiger partial charge in [-0.1, -0.05) is 11.6 Å². The van der Waals surface area contributed by atoms with Gasteiger partial charge in [0.2, 0.25) is 0 Å². The number of pyridine rings is 1. The largest absolute Gasteiger partial charge is 0.289 e. The standard InChI is InChI=1S/C7H4ClIN2/c8-7-5(9)1-2-6-10-3-4-11(6)7/h1-4H. The van der Waals surface area contributed by atoms with Crippen molar-refractivity contribution < 1.29 is 0 Å². The molecule has 11 heavy (non-hydrogen) atoms. The average Bonchev–Trinajstić information content (AvgIpc) is 2.45. The predicted octanol–water partition coefficient (Wildman–Crippen LogP) is 2.59. The summed E-state index contributed by atoms with van der Waals surface area (Å²) in [5, 5.41) is 0.723. The Kier molecular flexibility index (Phi) is 1.77. The molecule has 56 valence electrons.